The van der Waals surface area contributed by atoms with Crippen LogP contribution in [0.2, 0.25) is 0 Å². The second-order valence-corrected chi connectivity index (χ2v) is 2.73. The van der Waals surface area contributed by atoms with E-state index in [2.05, 4.69) is 11.8 Å². The lowest BCUT2D eigenvalue weighted by Gasteiger charge is -1.98. The molecule has 0 aliphatic carbocycles. The van der Waals surface area contributed by atoms with Gasteiger partial charge in [-0.3, -0.25) is 10.2 Å². The molecule has 1 aromatic rings. The van der Waals surface area contributed by atoms with Gasteiger partial charge in [-0.2, -0.15) is 0 Å². The van der Waals surface area contributed by atoms with E-state index in [1.165, 1.54) is 0 Å². The number of rotatable bonds is 2. The number of nitrogens with two attached hydrogens (primary N) is 1. The van der Waals surface area contributed by atoms with Gasteiger partial charge < -0.3 is 4.79 Å². The van der Waals surface area contributed by atoms with Gasteiger partial charge >= 0.3 is 0 Å². The number of aldehydes is 1. The maximum Gasteiger partial charge on any atom is 0.265 e. The van der Waals surface area contributed by atoms with E-state index in [0.717, 1.165) is 6.29 Å². The highest BCUT2D eigenvalue weighted by Crippen LogP contribution is 2.03. The predicted octanol–water partition coefficient (Wildman–Crippen LogP) is 0.231. The van der Waals surface area contributed by atoms with E-state index in [9.17, 15) is 9.59 Å². The van der Waals surface area contributed by atoms with Gasteiger partial charge in [-0.25, -0.2) is 5.84 Å². The van der Waals surface area contributed by atoms with Crippen molar-refractivity contribution in [2.75, 3.05) is 0 Å². The molecule has 4 heteroatoms. The van der Waals surface area contributed by atoms with E-state index in [0.29, 0.717) is 11.1 Å². The van der Waals surface area contributed by atoms with Crippen LogP contribution in [-0.4, -0.2) is 12.2 Å². The number of carbonyl (C=O) groups excluding carboxylic acids is 2. The fourth-order valence-corrected chi connectivity index (χ4v) is 1.02. The van der Waals surface area contributed by atoms with Gasteiger partial charge in [0.2, 0.25) is 0 Å². The third-order valence-electron chi connectivity index (χ3n) is 1.67. The predicted molar refractivity (Wildman–Crippen MR) is 55.7 cm³/mol. The largest absolute Gasteiger partial charge is 0.302 e. The first-order valence-electron chi connectivity index (χ1n) is 4.31. The summed E-state index contributed by atoms with van der Waals surface area (Å²) in [6.07, 6.45) is 0.913. The molecule has 1 rings (SSSR count). The second kappa shape index (κ2) is 5.58. The van der Waals surface area contributed by atoms with Gasteiger partial charge in [-0.05, 0) is 18.2 Å². The summed E-state index contributed by atoms with van der Waals surface area (Å²) in [7, 11) is 0. The van der Waals surface area contributed by atoms with Crippen LogP contribution in [-0.2, 0) is 4.79 Å². The van der Waals surface area contributed by atoms with Crippen molar-refractivity contribution in [2.45, 2.75) is 6.42 Å². The Hall–Kier alpha value is -2.12. The standard InChI is InChI=1S/C11H10N2O2/c12-13-11(15)10-6-3-5-9(8-10)4-1-2-7-14/h3,5-8H,2,12H2,(H,13,15). The summed E-state index contributed by atoms with van der Waals surface area (Å²) in [5, 5.41) is 0. The molecular formula is C11H10N2O2. The lowest BCUT2D eigenvalue weighted by Crippen LogP contribution is -2.29. The number of nitrogens with one attached hydrogen (secondary N) is 1. The Morgan fingerprint density at radius 2 is 2.33 bits per heavy atom. The number of benzene rings is 1. The van der Waals surface area contributed by atoms with E-state index >= 15 is 0 Å². The maximum absolute atomic E-state index is 11.2. The van der Waals surface area contributed by atoms with Gasteiger partial charge in [-0.15, -0.1) is 0 Å². The minimum atomic E-state index is -0.367. The molecule has 76 valence electrons. The zero-order valence-electron chi connectivity index (χ0n) is 7.99. The van der Waals surface area contributed by atoms with Crippen LogP contribution in [0.1, 0.15) is 22.3 Å². The third-order valence-corrected chi connectivity index (χ3v) is 1.67. The van der Waals surface area contributed by atoms with Gasteiger partial charge in [-0.1, -0.05) is 17.9 Å². The van der Waals surface area contributed by atoms with Crippen molar-refractivity contribution in [1.82, 2.24) is 5.43 Å². The Morgan fingerprint density at radius 1 is 1.53 bits per heavy atom. The van der Waals surface area contributed by atoms with E-state index in [1.807, 2.05) is 5.43 Å². The smallest absolute Gasteiger partial charge is 0.265 e. The van der Waals surface area contributed by atoms with Crippen molar-refractivity contribution in [1.29, 1.82) is 0 Å². The highest BCUT2D eigenvalue weighted by atomic mass is 16.2. The van der Waals surface area contributed by atoms with E-state index in [-0.39, 0.29) is 12.3 Å². The molecule has 0 saturated carbocycles. The minimum Gasteiger partial charge on any atom is -0.302 e. The van der Waals surface area contributed by atoms with Gasteiger partial charge in [0.15, 0.2) is 0 Å². The number of hydrogen-bond donors (Lipinski definition) is 2. The van der Waals surface area contributed by atoms with Crippen LogP contribution in [0, 0.1) is 11.8 Å². The Kier molecular flexibility index (Phi) is 4.07. The molecule has 0 fully saturated rings. The van der Waals surface area contributed by atoms with E-state index in [1.54, 1.807) is 24.3 Å². The highest BCUT2D eigenvalue weighted by Gasteiger charge is 2.01. The Morgan fingerprint density at radius 3 is 3.00 bits per heavy atom. The third kappa shape index (κ3) is 3.25. The maximum atomic E-state index is 11.2. The molecule has 0 aliphatic rings. The van der Waals surface area contributed by atoms with Crippen molar-refractivity contribution in [3.63, 3.8) is 0 Å². The molecule has 1 aromatic carbocycles. The molecule has 0 saturated heterocycles. The molecule has 0 aromatic heterocycles. The lowest BCUT2D eigenvalue weighted by molar-refractivity contribution is -0.107. The van der Waals surface area contributed by atoms with Crippen LogP contribution in [0.3, 0.4) is 0 Å². The summed E-state index contributed by atoms with van der Waals surface area (Å²) in [6.45, 7) is 0. The first-order chi connectivity index (χ1) is 7.27. The topological polar surface area (TPSA) is 72.2 Å². The molecule has 4 nitrogen and oxygen atoms in total. The molecule has 0 spiro atoms. The average molecular weight is 202 g/mol. The zero-order chi connectivity index (χ0) is 11.1. The molecular weight excluding hydrogens is 192 g/mol. The van der Waals surface area contributed by atoms with Gasteiger partial charge in [0, 0.05) is 11.1 Å². The zero-order valence-corrected chi connectivity index (χ0v) is 7.99. The quantitative estimate of drug-likeness (QED) is 0.237. The fraction of sp³-hybridized carbons (Fsp3) is 0.0909. The average Bonchev–Trinajstić information content (AvgIpc) is 2.29. The number of carbonyl (C=O) groups is 2. The van der Waals surface area contributed by atoms with E-state index < -0.39 is 0 Å². The molecule has 0 radical (unpaired) electrons. The highest BCUT2D eigenvalue weighted by molar-refractivity contribution is 5.94. The van der Waals surface area contributed by atoms with Gasteiger partial charge in [0.05, 0.1) is 6.42 Å². The Balaban J connectivity index is 2.89. The first kappa shape index (κ1) is 11.0. The molecule has 3 N–H and O–H groups in total. The monoisotopic (exact) mass is 202 g/mol. The Bertz CT molecular complexity index is 430. The van der Waals surface area contributed by atoms with Crippen LogP contribution in [0.5, 0.6) is 0 Å². The summed E-state index contributed by atoms with van der Waals surface area (Å²) in [4.78, 5) is 21.2. The van der Waals surface area contributed by atoms with Crippen molar-refractivity contribution in [3.05, 3.63) is 35.4 Å². The normalized spacial score (nSPS) is 8.60. The summed E-state index contributed by atoms with van der Waals surface area (Å²) >= 11 is 0. The lowest BCUT2D eigenvalue weighted by atomic mass is 10.1. The van der Waals surface area contributed by atoms with Crippen LogP contribution >= 0.6 is 0 Å². The summed E-state index contributed by atoms with van der Waals surface area (Å²) in [6, 6.07) is 6.70. The van der Waals surface area contributed by atoms with Crippen LogP contribution < -0.4 is 11.3 Å². The van der Waals surface area contributed by atoms with Gasteiger partial charge in [0.25, 0.3) is 5.91 Å². The molecule has 1 amide bonds. The molecule has 0 bridgehead atoms. The molecule has 0 atom stereocenters. The molecule has 0 heterocycles. The van der Waals surface area contributed by atoms with Crippen molar-refractivity contribution in [2.24, 2.45) is 5.84 Å². The summed E-state index contributed by atoms with van der Waals surface area (Å²) in [5.41, 5.74) is 3.15. The van der Waals surface area contributed by atoms with Crippen molar-refractivity contribution in [3.8, 4) is 11.8 Å². The number of nitrogen functional groups attached to an aromatic ring is 1. The SMILES string of the molecule is NNC(=O)c1cccc(C#CCC=O)c1. The molecule has 0 aliphatic heterocycles. The second-order valence-electron chi connectivity index (χ2n) is 2.73. The summed E-state index contributed by atoms with van der Waals surface area (Å²) < 4.78 is 0. The summed E-state index contributed by atoms with van der Waals surface area (Å²) in [5.74, 6) is 10.0. The minimum absolute atomic E-state index is 0.188. The number of hydrazine groups is 1. The van der Waals surface area contributed by atoms with Crippen molar-refractivity contribution >= 4 is 12.2 Å². The molecule has 0 unspecified atom stereocenters. The van der Waals surface area contributed by atoms with Crippen LogP contribution in [0.15, 0.2) is 24.3 Å². The van der Waals surface area contributed by atoms with Crippen molar-refractivity contribution < 1.29 is 9.59 Å². The van der Waals surface area contributed by atoms with Gasteiger partial charge in [0.1, 0.15) is 6.29 Å². The van der Waals surface area contributed by atoms with E-state index in [4.69, 9.17) is 5.84 Å². The van der Waals surface area contributed by atoms with Crippen LogP contribution in [0.4, 0.5) is 0 Å². The number of hydrogen-bond acceptors (Lipinski definition) is 3. The molecule has 15 heavy (non-hydrogen) atoms. The van der Waals surface area contributed by atoms with Crippen LogP contribution in [0.25, 0.3) is 0 Å². The fourth-order valence-electron chi connectivity index (χ4n) is 1.02. The number of amides is 1. The Labute approximate surface area is 87.4 Å². The first-order valence-corrected chi connectivity index (χ1v) is 4.31.